The zero-order valence-corrected chi connectivity index (χ0v) is 8.44. The van der Waals surface area contributed by atoms with Gasteiger partial charge in [0, 0.05) is 18.3 Å². The summed E-state index contributed by atoms with van der Waals surface area (Å²) in [4.78, 5) is 4.22. The van der Waals surface area contributed by atoms with Gasteiger partial charge in [0.2, 0.25) is 5.88 Å². The highest BCUT2D eigenvalue weighted by molar-refractivity contribution is 5.20. The van der Waals surface area contributed by atoms with E-state index in [1.54, 1.807) is 6.20 Å². The molecule has 76 valence electrons. The van der Waals surface area contributed by atoms with Crippen LogP contribution in [0.5, 0.6) is 5.88 Å². The number of rotatable bonds is 3. The van der Waals surface area contributed by atoms with E-state index in [0.717, 1.165) is 24.3 Å². The van der Waals surface area contributed by atoms with Gasteiger partial charge in [0.15, 0.2) is 0 Å². The first-order valence-electron chi connectivity index (χ1n) is 5.14. The first-order chi connectivity index (χ1) is 6.75. The molecule has 0 radical (unpaired) electrons. The van der Waals surface area contributed by atoms with E-state index in [1.165, 1.54) is 6.42 Å². The molecule has 0 bridgehead atoms. The van der Waals surface area contributed by atoms with E-state index >= 15 is 0 Å². The molecule has 1 aromatic heterocycles. The number of pyridine rings is 1. The maximum Gasteiger partial charge on any atom is 0.213 e. The number of nitrogens with zero attached hydrogens (tertiary/aromatic N) is 1. The molecule has 2 rings (SSSR count). The van der Waals surface area contributed by atoms with Crippen molar-refractivity contribution in [2.24, 2.45) is 5.73 Å². The summed E-state index contributed by atoms with van der Waals surface area (Å²) in [5.74, 6) is 0.721. The fourth-order valence-corrected chi connectivity index (χ4v) is 1.39. The highest BCUT2D eigenvalue weighted by Gasteiger charge is 2.19. The fraction of sp³-hybridized carbons (Fsp3) is 0.545. The van der Waals surface area contributed by atoms with E-state index in [0.29, 0.717) is 6.10 Å². The van der Waals surface area contributed by atoms with Crippen LogP contribution in [0.3, 0.4) is 0 Å². The van der Waals surface area contributed by atoms with Crippen molar-refractivity contribution >= 4 is 0 Å². The topological polar surface area (TPSA) is 48.1 Å². The lowest BCUT2D eigenvalue weighted by molar-refractivity contribution is 0.114. The van der Waals surface area contributed by atoms with Crippen molar-refractivity contribution in [3.63, 3.8) is 0 Å². The Morgan fingerprint density at radius 1 is 1.50 bits per heavy atom. The average Bonchev–Trinajstić information content (AvgIpc) is 2.12. The van der Waals surface area contributed by atoms with E-state index in [4.69, 9.17) is 10.5 Å². The van der Waals surface area contributed by atoms with Gasteiger partial charge in [-0.2, -0.15) is 0 Å². The zero-order chi connectivity index (χ0) is 9.97. The molecule has 1 heterocycles. The molecule has 1 unspecified atom stereocenters. The molecule has 3 heteroatoms. The summed E-state index contributed by atoms with van der Waals surface area (Å²) in [6, 6.07) is 3.92. The van der Waals surface area contributed by atoms with Crippen LogP contribution in [0.25, 0.3) is 0 Å². The summed E-state index contributed by atoms with van der Waals surface area (Å²) in [7, 11) is 0. The molecule has 0 amide bonds. The second kappa shape index (κ2) is 3.96. The fourth-order valence-electron chi connectivity index (χ4n) is 1.39. The second-order valence-corrected chi connectivity index (χ2v) is 3.89. The Morgan fingerprint density at radius 2 is 2.29 bits per heavy atom. The van der Waals surface area contributed by atoms with Crippen molar-refractivity contribution in [3.8, 4) is 5.88 Å². The lowest BCUT2D eigenvalue weighted by atomic mass is 9.96. The summed E-state index contributed by atoms with van der Waals surface area (Å²) >= 11 is 0. The van der Waals surface area contributed by atoms with Crippen LogP contribution >= 0.6 is 0 Å². The van der Waals surface area contributed by atoms with Gasteiger partial charge in [-0.3, -0.25) is 0 Å². The van der Waals surface area contributed by atoms with Crippen LogP contribution in [0.1, 0.15) is 37.8 Å². The molecule has 1 fully saturated rings. The van der Waals surface area contributed by atoms with Crippen LogP contribution in [-0.2, 0) is 0 Å². The van der Waals surface area contributed by atoms with Crippen molar-refractivity contribution in [3.05, 3.63) is 23.9 Å². The quantitative estimate of drug-likeness (QED) is 0.797. The Kier molecular flexibility index (Phi) is 2.68. The van der Waals surface area contributed by atoms with Crippen molar-refractivity contribution < 1.29 is 4.74 Å². The highest BCUT2D eigenvalue weighted by Crippen LogP contribution is 2.24. The average molecular weight is 192 g/mol. The van der Waals surface area contributed by atoms with Gasteiger partial charge >= 0.3 is 0 Å². The van der Waals surface area contributed by atoms with Gasteiger partial charge in [0.25, 0.3) is 0 Å². The Morgan fingerprint density at radius 3 is 2.71 bits per heavy atom. The Bertz CT molecular complexity index is 291. The molecular formula is C11H16N2O. The highest BCUT2D eigenvalue weighted by atomic mass is 16.5. The van der Waals surface area contributed by atoms with E-state index < -0.39 is 0 Å². The molecule has 14 heavy (non-hydrogen) atoms. The van der Waals surface area contributed by atoms with Gasteiger partial charge in [-0.05, 0) is 31.7 Å². The van der Waals surface area contributed by atoms with Gasteiger partial charge in [-0.15, -0.1) is 0 Å². The smallest absolute Gasteiger partial charge is 0.213 e. The third-order valence-corrected chi connectivity index (χ3v) is 2.62. The lowest BCUT2D eigenvalue weighted by Gasteiger charge is -2.25. The molecule has 0 aromatic carbocycles. The zero-order valence-electron chi connectivity index (χ0n) is 8.44. The molecular weight excluding hydrogens is 176 g/mol. The predicted molar refractivity (Wildman–Crippen MR) is 55.1 cm³/mol. The normalized spacial score (nSPS) is 18.7. The van der Waals surface area contributed by atoms with Crippen LogP contribution in [-0.4, -0.2) is 11.1 Å². The molecule has 1 aliphatic rings. The van der Waals surface area contributed by atoms with Crippen molar-refractivity contribution in [2.75, 3.05) is 0 Å². The molecule has 3 nitrogen and oxygen atoms in total. The van der Waals surface area contributed by atoms with Gasteiger partial charge in [-0.1, -0.05) is 6.07 Å². The molecule has 1 atom stereocenters. The van der Waals surface area contributed by atoms with Gasteiger partial charge in [0.1, 0.15) is 6.10 Å². The van der Waals surface area contributed by atoms with Crippen LogP contribution in [0, 0.1) is 0 Å². The molecule has 1 aromatic rings. The Balaban J connectivity index is 1.98. The molecule has 0 spiro atoms. The summed E-state index contributed by atoms with van der Waals surface area (Å²) in [5.41, 5.74) is 6.77. The van der Waals surface area contributed by atoms with Gasteiger partial charge < -0.3 is 10.5 Å². The first-order valence-corrected chi connectivity index (χ1v) is 5.14. The predicted octanol–water partition coefficient (Wildman–Crippen LogP) is 2.03. The minimum Gasteiger partial charge on any atom is -0.474 e. The number of nitrogens with two attached hydrogens (primary N) is 1. The molecule has 0 saturated heterocycles. The van der Waals surface area contributed by atoms with Crippen molar-refractivity contribution in [2.45, 2.75) is 38.3 Å². The maximum absolute atomic E-state index is 5.72. The van der Waals surface area contributed by atoms with E-state index in [9.17, 15) is 0 Å². The van der Waals surface area contributed by atoms with Crippen LogP contribution in [0.15, 0.2) is 18.3 Å². The standard InChI is InChI=1S/C11H16N2O/c1-8(12)9-5-6-11(13-7-9)14-10-3-2-4-10/h5-8,10H,2-4,12H2,1H3. The largest absolute Gasteiger partial charge is 0.474 e. The third kappa shape index (κ3) is 2.04. The summed E-state index contributed by atoms with van der Waals surface area (Å²) in [5, 5.41) is 0. The number of aromatic nitrogens is 1. The summed E-state index contributed by atoms with van der Waals surface area (Å²) < 4.78 is 5.63. The van der Waals surface area contributed by atoms with Crippen molar-refractivity contribution in [1.82, 2.24) is 4.98 Å². The van der Waals surface area contributed by atoms with Gasteiger partial charge in [0.05, 0.1) is 0 Å². The van der Waals surface area contributed by atoms with E-state index in [2.05, 4.69) is 4.98 Å². The molecule has 1 saturated carbocycles. The van der Waals surface area contributed by atoms with Crippen LogP contribution < -0.4 is 10.5 Å². The third-order valence-electron chi connectivity index (χ3n) is 2.62. The first kappa shape index (κ1) is 9.46. The monoisotopic (exact) mass is 192 g/mol. The lowest BCUT2D eigenvalue weighted by Crippen LogP contribution is -2.24. The van der Waals surface area contributed by atoms with Gasteiger partial charge in [-0.25, -0.2) is 4.98 Å². The van der Waals surface area contributed by atoms with Crippen LogP contribution in [0.4, 0.5) is 0 Å². The van der Waals surface area contributed by atoms with Crippen molar-refractivity contribution in [1.29, 1.82) is 0 Å². The maximum atomic E-state index is 5.72. The molecule has 2 N–H and O–H groups in total. The Labute approximate surface area is 84.3 Å². The molecule has 1 aliphatic carbocycles. The Hall–Kier alpha value is -1.09. The van der Waals surface area contributed by atoms with Crippen LogP contribution in [0.2, 0.25) is 0 Å². The SMILES string of the molecule is CC(N)c1ccc(OC2CCC2)nc1. The number of ether oxygens (including phenoxy) is 1. The minimum absolute atomic E-state index is 0.0419. The number of hydrogen-bond acceptors (Lipinski definition) is 3. The van der Waals surface area contributed by atoms with E-state index in [-0.39, 0.29) is 6.04 Å². The second-order valence-electron chi connectivity index (χ2n) is 3.89. The summed E-state index contributed by atoms with van der Waals surface area (Å²) in [6.45, 7) is 1.95. The minimum atomic E-state index is 0.0419. The number of hydrogen-bond donors (Lipinski definition) is 1. The van der Waals surface area contributed by atoms with E-state index in [1.807, 2.05) is 19.1 Å². The summed E-state index contributed by atoms with van der Waals surface area (Å²) in [6.07, 6.45) is 5.79. The molecule has 0 aliphatic heterocycles.